The second kappa shape index (κ2) is 7.68. The summed E-state index contributed by atoms with van der Waals surface area (Å²) in [6.45, 7) is 3.35. The normalized spacial score (nSPS) is 11.3. The summed E-state index contributed by atoms with van der Waals surface area (Å²) in [6.07, 6.45) is 0. The van der Waals surface area contributed by atoms with Gasteiger partial charge in [-0.25, -0.2) is 22.2 Å². The van der Waals surface area contributed by atoms with Crippen molar-refractivity contribution in [2.24, 2.45) is 0 Å². The molecule has 0 atom stereocenters. The van der Waals surface area contributed by atoms with E-state index in [4.69, 9.17) is 9.47 Å². The summed E-state index contributed by atoms with van der Waals surface area (Å²) in [5.41, 5.74) is 0.783. The van der Waals surface area contributed by atoms with Crippen molar-refractivity contribution in [3.8, 4) is 17.2 Å². The van der Waals surface area contributed by atoms with Crippen molar-refractivity contribution in [1.82, 2.24) is 9.36 Å². The Morgan fingerprint density at radius 1 is 1.04 bits per heavy atom. The number of rotatable bonds is 6. The van der Waals surface area contributed by atoms with E-state index < -0.39 is 32.3 Å². The van der Waals surface area contributed by atoms with Gasteiger partial charge in [-0.2, -0.15) is 4.37 Å². The van der Waals surface area contributed by atoms with Gasteiger partial charge in [0.15, 0.2) is 11.6 Å². The van der Waals surface area contributed by atoms with Gasteiger partial charge in [-0.05, 0) is 31.5 Å². The Morgan fingerprint density at radius 3 is 2.39 bits per heavy atom. The van der Waals surface area contributed by atoms with Crippen molar-refractivity contribution in [3.63, 3.8) is 0 Å². The van der Waals surface area contributed by atoms with Gasteiger partial charge in [-0.15, -0.1) is 0 Å². The van der Waals surface area contributed by atoms with Crippen LogP contribution in [0.3, 0.4) is 0 Å². The minimum atomic E-state index is -4.39. The third-order valence-corrected chi connectivity index (χ3v) is 5.72. The molecule has 3 rings (SSSR count). The van der Waals surface area contributed by atoms with E-state index in [1.165, 1.54) is 13.2 Å². The summed E-state index contributed by atoms with van der Waals surface area (Å²) in [5.74, 6) is -1.64. The minimum Gasteiger partial charge on any atom is -0.497 e. The maximum absolute atomic E-state index is 14.4. The highest BCUT2D eigenvalue weighted by Crippen LogP contribution is 2.32. The van der Waals surface area contributed by atoms with Gasteiger partial charge in [0.1, 0.15) is 28.0 Å². The van der Waals surface area contributed by atoms with Gasteiger partial charge < -0.3 is 9.47 Å². The lowest BCUT2D eigenvalue weighted by molar-refractivity contribution is 0.403. The minimum absolute atomic E-state index is 0.0514. The molecular weight excluding hydrogens is 412 g/mol. The smallest absolute Gasteiger partial charge is 0.266 e. The number of ether oxygens (including phenoxy) is 2. The Hall–Kier alpha value is -2.79. The van der Waals surface area contributed by atoms with Gasteiger partial charge in [0.2, 0.25) is 5.13 Å². The molecule has 0 saturated heterocycles. The van der Waals surface area contributed by atoms with E-state index in [0.717, 1.165) is 17.1 Å². The molecular formula is C17H15F2N3O4S2. The Kier molecular flexibility index (Phi) is 5.47. The first-order chi connectivity index (χ1) is 13.2. The Morgan fingerprint density at radius 2 is 1.75 bits per heavy atom. The van der Waals surface area contributed by atoms with Crippen molar-refractivity contribution in [1.29, 1.82) is 0 Å². The molecule has 0 fully saturated rings. The average Bonchev–Trinajstić information content (AvgIpc) is 3.01. The van der Waals surface area contributed by atoms with Crippen molar-refractivity contribution in [3.05, 3.63) is 53.4 Å². The summed E-state index contributed by atoms with van der Waals surface area (Å²) >= 11 is 0.787. The summed E-state index contributed by atoms with van der Waals surface area (Å²) in [7, 11) is -2.93. The van der Waals surface area contributed by atoms with E-state index in [9.17, 15) is 17.2 Å². The van der Waals surface area contributed by atoms with Crippen molar-refractivity contribution in [2.75, 3.05) is 11.8 Å². The van der Waals surface area contributed by atoms with E-state index >= 15 is 0 Å². The van der Waals surface area contributed by atoms with Crippen LogP contribution >= 0.6 is 11.5 Å². The van der Waals surface area contributed by atoms with Crippen LogP contribution in [0.25, 0.3) is 0 Å². The average molecular weight is 427 g/mol. The number of methoxy groups -OCH3 is 1. The lowest BCUT2D eigenvalue weighted by atomic mass is 10.2. The van der Waals surface area contributed by atoms with E-state index in [-0.39, 0.29) is 10.9 Å². The number of nitrogens with zero attached hydrogens (tertiary/aromatic N) is 2. The zero-order valence-corrected chi connectivity index (χ0v) is 16.6. The lowest BCUT2D eigenvalue weighted by Gasteiger charge is -2.12. The Labute approximate surface area is 164 Å². The number of hydrogen-bond acceptors (Lipinski definition) is 7. The summed E-state index contributed by atoms with van der Waals surface area (Å²) in [6, 6.07) is 6.05. The second-order valence-corrected chi connectivity index (χ2v) is 8.16. The van der Waals surface area contributed by atoms with Crippen LogP contribution in [-0.2, 0) is 10.0 Å². The maximum Gasteiger partial charge on any atom is 0.266 e. The molecule has 0 saturated carbocycles. The third-order valence-electron chi connectivity index (χ3n) is 3.51. The van der Waals surface area contributed by atoms with Gasteiger partial charge in [0, 0.05) is 29.7 Å². The molecule has 0 aliphatic heterocycles. The molecule has 7 nitrogen and oxygen atoms in total. The summed E-state index contributed by atoms with van der Waals surface area (Å²) in [5, 5.41) is -0.0514. The van der Waals surface area contributed by atoms with E-state index in [1.807, 2.05) is 0 Å². The van der Waals surface area contributed by atoms with Crippen LogP contribution < -0.4 is 14.2 Å². The summed E-state index contributed by atoms with van der Waals surface area (Å²) in [4.78, 5) is 2.97. The predicted molar refractivity (Wildman–Crippen MR) is 99.6 cm³/mol. The fourth-order valence-electron chi connectivity index (χ4n) is 2.32. The standard InChI is InChI=1S/C17H15F2N3O4S2/c1-9-4-11(25-3)6-12(5-9)26-15-7-14(19)16(8-13(15)18)28(23,24)22-17-20-10(2)21-27-17/h4-8H,1-3H3,(H,20,21,22). The molecule has 0 aliphatic rings. The molecule has 0 radical (unpaired) electrons. The third kappa shape index (κ3) is 4.37. The van der Waals surface area contributed by atoms with Crippen LogP contribution in [0.2, 0.25) is 0 Å². The fraction of sp³-hybridized carbons (Fsp3) is 0.176. The fourth-order valence-corrected chi connectivity index (χ4v) is 4.19. The van der Waals surface area contributed by atoms with Crippen LogP contribution in [0.15, 0.2) is 35.2 Å². The van der Waals surface area contributed by atoms with Crippen molar-refractivity contribution >= 4 is 26.7 Å². The molecule has 0 spiro atoms. The molecule has 0 unspecified atom stereocenters. The number of aromatic nitrogens is 2. The monoisotopic (exact) mass is 427 g/mol. The number of sulfonamides is 1. The molecule has 148 valence electrons. The van der Waals surface area contributed by atoms with Gasteiger partial charge >= 0.3 is 0 Å². The lowest BCUT2D eigenvalue weighted by Crippen LogP contribution is -2.15. The number of anilines is 1. The van der Waals surface area contributed by atoms with Crippen LogP contribution in [0, 0.1) is 25.5 Å². The molecule has 0 bridgehead atoms. The first-order valence-corrected chi connectivity index (χ1v) is 10.1. The van der Waals surface area contributed by atoms with Crippen LogP contribution in [0.5, 0.6) is 17.2 Å². The van der Waals surface area contributed by atoms with E-state index in [0.29, 0.717) is 23.7 Å². The Bertz CT molecular complexity index is 1130. The first kappa shape index (κ1) is 20.0. The number of nitrogens with one attached hydrogen (secondary N) is 1. The largest absolute Gasteiger partial charge is 0.497 e. The molecule has 1 aromatic heterocycles. The van der Waals surface area contributed by atoms with Crippen molar-refractivity contribution < 1.29 is 26.7 Å². The number of benzene rings is 2. The first-order valence-electron chi connectivity index (χ1n) is 7.83. The zero-order chi connectivity index (χ0) is 20.5. The molecule has 28 heavy (non-hydrogen) atoms. The van der Waals surface area contributed by atoms with Gasteiger partial charge in [-0.3, -0.25) is 4.72 Å². The summed E-state index contributed by atoms with van der Waals surface area (Å²) < 4.78 is 69.9. The van der Waals surface area contributed by atoms with Gasteiger partial charge in [0.25, 0.3) is 10.0 Å². The maximum atomic E-state index is 14.4. The van der Waals surface area contributed by atoms with Crippen LogP contribution in [-0.4, -0.2) is 24.9 Å². The van der Waals surface area contributed by atoms with E-state index in [2.05, 4.69) is 14.1 Å². The molecule has 1 heterocycles. The van der Waals surface area contributed by atoms with Crippen molar-refractivity contribution in [2.45, 2.75) is 18.7 Å². The van der Waals surface area contributed by atoms with Gasteiger partial charge in [0.05, 0.1) is 7.11 Å². The molecule has 11 heteroatoms. The van der Waals surface area contributed by atoms with Gasteiger partial charge in [-0.1, -0.05) is 0 Å². The second-order valence-electron chi connectivity index (χ2n) is 5.75. The number of halogens is 2. The highest BCUT2D eigenvalue weighted by atomic mass is 32.2. The predicted octanol–water partition coefficient (Wildman–Crippen LogP) is 4.03. The molecule has 0 amide bonds. The SMILES string of the molecule is COc1cc(C)cc(Oc2cc(F)c(S(=O)(=O)Nc3nc(C)ns3)cc2F)c1. The van der Waals surface area contributed by atoms with Crippen LogP contribution in [0.4, 0.5) is 13.9 Å². The quantitative estimate of drug-likeness (QED) is 0.639. The number of aryl methyl sites for hydroxylation is 2. The molecule has 2 aromatic carbocycles. The Balaban J connectivity index is 1.91. The zero-order valence-electron chi connectivity index (χ0n) is 15.0. The number of hydrogen-bond donors (Lipinski definition) is 1. The molecule has 0 aliphatic carbocycles. The van der Waals surface area contributed by atoms with Crippen LogP contribution in [0.1, 0.15) is 11.4 Å². The van der Waals surface area contributed by atoms with E-state index in [1.54, 1.807) is 26.0 Å². The molecule has 1 N–H and O–H groups in total. The molecule has 3 aromatic rings. The topological polar surface area (TPSA) is 90.4 Å². The highest BCUT2D eigenvalue weighted by Gasteiger charge is 2.24. The highest BCUT2D eigenvalue weighted by molar-refractivity contribution is 7.93.